The lowest BCUT2D eigenvalue weighted by molar-refractivity contribution is -0.117. The van der Waals surface area contributed by atoms with Crippen LogP contribution in [0.5, 0.6) is 0 Å². The van der Waals surface area contributed by atoms with Crippen LogP contribution in [0.15, 0.2) is 48.8 Å². The molecule has 100 valence electrons. The van der Waals surface area contributed by atoms with Gasteiger partial charge in [-0.3, -0.25) is 14.6 Å². The number of ketones is 1. The van der Waals surface area contributed by atoms with Crippen molar-refractivity contribution in [2.24, 2.45) is 0 Å². The molecule has 0 radical (unpaired) electrons. The van der Waals surface area contributed by atoms with Gasteiger partial charge in [-0.1, -0.05) is 0 Å². The largest absolute Gasteiger partial charge is 0.312 e. The predicted octanol–water partition coefficient (Wildman–Crippen LogP) is 2.44. The zero-order chi connectivity index (χ0) is 13.9. The van der Waals surface area contributed by atoms with E-state index < -0.39 is 0 Å². The van der Waals surface area contributed by atoms with E-state index in [4.69, 9.17) is 0 Å². The van der Waals surface area contributed by atoms with Gasteiger partial charge in [0, 0.05) is 42.2 Å². The van der Waals surface area contributed by atoms with Crippen molar-refractivity contribution in [1.29, 1.82) is 0 Å². The van der Waals surface area contributed by atoms with Crippen LogP contribution < -0.4 is 4.90 Å². The highest BCUT2D eigenvalue weighted by Gasteiger charge is 2.21. The van der Waals surface area contributed by atoms with Gasteiger partial charge in [-0.05, 0) is 42.8 Å². The Morgan fingerprint density at radius 1 is 1.10 bits per heavy atom. The molecule has 2 heterocycles. The second-order valence-corrected chi connectivity index (χ2v) is 4.77. The number of benzene rings is 1. The van der Waals surface area contributed by atoms with E-state index in [1.807, 2.05) is 12.1 Å². The molecule has 1 aliphatic heterocycles. The fraction of sp³-hybridized carbons (Fsp3) is 0.188. The number of anilines is 1. The quantitative estimate of drug-likeness (QED) is 0.802. The maximum atomic E-state index is 12.2. The van der Waals surface area contributed by atoms with Crippen molar-refractivity contribution in [3.05, 3.63) is 59.9 Å². The van der Waals surface area contributed by atoms with Gasteiger partial charge in [0.1, 0.15) is 0 Å². The molecule has 0 unspecified atom stereocenters. The van der Waals surface area contributed by atoms with Crippen molar-refractivity contribution in [3.8, 4) is 0 Å². The Morgan fingerprint density at radius 3 is 2.50 bits per heavy atom. The molecule has 0 atom stereocenters. The first-order valence-electron chi connectivity index (χ1n) is 6.61. The van der Waals surface area contributed by atoms with E-state index in [1.54, 1.807) is 41.6 Å². The molecule has 4 nitrogen and oxygen atoms in total. The number of hydrogen-bond donors (Lipinski definition) is 0. The lowest BCUT2D eigenvalue weighted by atomic mass is 10.0. The summed E-state index contributed by atoms with van der Waals surface area (Å²) in [7, 11) is 0. The van der Waals surface area contributed by atoms with Crippen molar-refractivity contribution in [2.45, 2.75) is 12.8 Å². The third-order valence-electron chi connectivity index (χ3n) is 3.44. The van der Waals surface area contributed by atoms with Gasteiger partial charge in [0.2, 0.25) is 5.91 Å². The normalized spacial score (nSPS) is 14.6. The van der Waals surface area contributed by atoms with Crippen LogP contribution in [-0.4, -0.2) is 23.2 Å². The maximum Gasteiger partial charge on any atom is 0.227 e. The number of carbonyl (C=O) groups is 2. The van der Waals surface area contributed by atoms with Crippen molar-refractivity contribution < 1.29 is 9.59 Å². The molecule has 0 bridgehead atoms. The van der Waals surface area contributed by atoms with Gasteiger partial charge >= 0.3 is 0 Å². The lowest BCUT2D eigenvalue weighted by Crippen LogP contribution is -2.23. The van der Waals surface area contributed by atoms with E-state index in [0.29, 0.717) is 17.5 Å². The van der Waals surface area contributed by atoms with Crippen molar-refractivity contribution >= 4 is 17.4 Å². The average molecular weight is 266 g/mol. The first-order valence-corrected chi connectivity index (χ1v) is 6.61. The summed E-state index contributed by atoms with van der Waals surface area (Å²) in [4.78, 5) is 29.6. The molecule has 0 saturated carbocycles. The molecule has 1 aromatic heterocycles. The number of pyridine rings is 1. The summed E-state index contributed by atoms with van der Waals surface area (Å²) in [5, 5.41) is 0. The summed E-state index contributed by atoms with van der Waals surface area (Å²) in [6, 6.07) is 10.7. The third kappa shape index (κ3) is 2.32. The summed E-state index contributed by atoms with van der Waals surface area (Å²) in [6.45, 7) is 0.759. The van der Waals surface area contributed by atoms with Crippen molar-refractivity contribution in [1.82, 2.24) is 4.98 Å². The van der Waals surface area contributed by atoms with Crippen LogP contribution in [0.4, 0.5) is 5.69 Å². The number of carbonyl (C=O) groups excluding carboxylic acids is 2. The van der Waals surface area contributed by atoms with Gasteiger partial charge < -0.3 is 4.90 Å². The van der Waals surface area contributed by atoms with E-state index in [-0.39, 0.29) is 11.7 Å². The summed E-state index contributed by atoms with van der Waals surface area (Å²) in [5.41, 5.74) is 2.03. The Morgan fingerprint density at radius 2 is 1.90 bits per heavy atom. The minimum atomic E-state index is -0.0580. The SMILES string of the molecule is O=C(c1ccc(N2CCCC2=O)cc1)c1cccnc1. The van der Waals surface area contributed by atoms with Gasteiger partial charge in [-0.2, -0.15) is 0 Å². The predicted molar refractivity (Wildman–Crippen MR) is 75.7 cm³/mol. The topological polar surface area (TPSA) is 50.3 Å². The first kappa shape index (κ1) is 12.5. The summed E-state index contributed by atoms with van der Waals surface area (Å²) < 4.78 is 0. The van der Waals surface area contributed by atoms with E-state index in [9.17, 15) is 9.59 Å². The van der Waals surface area contributed by atoms with Gasteiger partial charge in [0.15, 0.2) is 5.78 Å². The zero-order valence-corrected chi connectivity index (χ0v) is 11.0. The minimum absolute atomic E-state index is 0.0580. The number of nitrogens with zero attached hydrogens (tertiary/aromatic N) is 2. The van der Waals surface area contributed by atoms with Crippen LogP contribution in [0.2, 0.25) is 0 Å². The fourth-order valence-electron chi connectivity index (χ4n) is 2.38. The molecule has 1 fully saturated rings. The van der Waals surface area contributed by atoms with Crippen LogP contribution in [0, 0.1) is 0 Å². The van der Waals surface area contributed by atoms with Crippen LogP contribution in [0.1, 0.15) is 28.8 Å². The molecule has 0 aliphatic carbocycles. The number of amides is 1. The Kier molecular flexibility index (Phi) is 3.29. The molecule has 0 N–H and O–H groups in total. The standard InChI is InChI=1S/C16H14N2O2/c19-15-4-2-10-18(15)14-7-5-12(6-8-14)16(20)13-3-1-9-17-11-13/h1,3,5-9,11H,2,4,10H2. The number of aromatic nitrogens is 1. The second kappa shape index (κ2) is 5.25. The molecule has 2 aromatic rings. The van der Waals surface area contributed by atoms with Crippen LogP contribution in [0.25, 0.3) is 0 Å². The molecule has 0 spiro atoms. The molecule has 4 heteroatoms. The summed E-state index contributed by atoms with van der Waals surface area (Å²) in [6.07, 6.45) is 4.70. The summed E-state index contributed by atoms with van der Waals surface area (Å²) >= 11 is 0. The van der Waals surface area contributed by atoms with Crippen molar-refractivity contribution in [2.75, 3.05) is 11.4 Å². The van der Waals surface area contributed by atoms with Crippen LogP contribution >= 0.6 is 0 Å². The van der Waals surface area contributed by atoms with Crippen molar-refractivity contribution in [3.63, 3.8) is 0 Å². The molecular formula is C16H14N2O2. The molecule has 1 aliphatic rings. The highest BCUT2D eigenvalue weighted by atomic mass is 16.2. The number of rotatable bonds is 3. The van der Waals surface area contributed by atoms with Crippen LogP contribution in [-0.2, 0) is 4.79 Å². The molecule has 1 aromatic carbocycles. The van der Waals surface area contributed by atoms with E-state index in [1.165, 1.54) is 0 Å². The molecule has 20 heavy (non-hydrogen) atoms. The monoisotopic (exact) mass is 266 g/mol. The lowest BCUT2D eigenvalue weighted by Gasteiger charge is -2.15. The molecular weight excluding hydrogens is 252 g/mol. The third-order valence-corrected chi connectivity index (χ3v) is 3.44. The van der Waals surface area contributed by atoms with E-state index in [2.05, 4.69) is 4.98 Å². The zero-order valence-electron chi connectivity index (χ0n) is 11.0. The number of hydrogen-bond acceptors (Lipinski definition) is 3. The second-order valence-electron chi connectivity index (χ2n) is 4.77. The van der Waals surface area contributed by atoms with E-state index in [0.717, 1.165) is 18.7 Å². The fourth-order valence-corrected chi connectivity index (χ4v) is 2.38. The molecule has 1 saturated heterocycles. The molecule has 1 amide bonds. The molecule has 3 rings (SSSR count). The Labute approximate surface area is 117 Å². The van der Waals surface area contributed by atoms with Gasteiger partial charge in [-0.15, -0.1) is 0 Å². The highest BCUT2D eigenvalue weighted by molar-refractivity contribution is 6.09. The van der Waals surface area contributed by atoms with E-state index >= 15 is 0 Å². The summed E-state index contributed by atoms with van der Waals surface area (Å²) in [5.74, 6) is 0.0914. The van der Waals surface area contributed by atoms with Gasteiger partial charge in [0.05, 0.1) is 0 Å². The Balaban J connectivity index is 1.83. The van der Waals surface area contributed by atoms with Gasteiger partial charge in [-0.25, -0.2) is 0 Å². The average Bonchev–Trinajstić information content (AvgIpc) is 2.94. The maximum absolute atomic E-state index is 12.2. The first-order chi connectivity index (χ1) is 9.75. The van der Waals surface area contributed by atoms with Gasteiger partial charge in [0.25, 0.3) is 0 Å². The smallest absolute Gasteiger partial charge is 0.227 e. The minimum Gasteiger partial charge on any atom is -0.312 e. The Hall–Kier alpha value is -2.49. The highest BCUT2D eigenvalue weighted by Crippen LogP contribution is 2.22. The Bertz CT molecular complexity index is 635. The van der Waals surface area contributed by atoms with Crippen LogP contribution in [0.3, 0.4) is 0 Å².